The molecule has 0 heterocycles. The van der Waals surface area contributed by atoms with E-state index in [9.17, 15) is 4.39 Å². The number of benzene rings is 1. The van der Waals surface area contributed by atoms with Crippen molar-refractivity contribution in [2.75, 3.05) is 13.1 Å². The van der Waals surface area contributed by atoms with Crippen molar-refractivity contribution in [3.8, 4) is 0 Å². The molecular weight excluding hydrogens is 237 g/mol. The lowest BCUT2D eigenvalue weighted by atomic mass is 9.78. The molecule has 0 saturated heterocycles. The van der Waals surface area contributed by atoms with Gasteiger partial charge in [-0.1, -0.05) is 36.7 Å². The summed E-state index contributed by atoms with van der Waals surface area (Å²) in [5.74, 6) is -0.275. The van der Waals surface area contributed by atoms with Gasteiger partial charge in [-0.2, -0.15) is 0 Å². The van der Waals surface area contributed by atoms with Crippen LogP contribution in [0.5, 0.6) is 0 Å². The summed E-state index contributed by atoms with van der Waals surface area (Å²) in [4.78, 5) is 0. The van der Waals surface area contributed by atoms with Crippen molar-refractivity contribution in [1.82, 2.24) is 5.32 Å². The average Bonchev–Trinajstić information content (AvgIpc) is 2.76. The third-order valence-corrected chi connectivity index (χ3v) is 3.71. The van der Waals surface area contributed by atoms with Crippen molar-refractivity contribution in [2.45, 2.75) is 25.2 Å². The molecule has 2 rings (SSSR count). The second-order valence-electron chi connectivity index (χ2n) is 4.56. The highest BCUT2D eigenvalue weighted by molar-refractivity contribution is 6.31. The number of likely N-dealkylation sites (N-methyl/N-ethyl adjacent to an activating group) is 1. The van der Waals surface area contributed by atoms with E-state index in [4.69, 9.17) is 11.6 Å². The van der Waals surface area contributed by atoms with E-state index in [1.54, 1.807) is 0 Å². The minimum atomic E-state index is -0.275. The highest BCUT2D eigenvalue weighted by atomic mass is 35.5. The maximum atomic E-state index is 13.1. The summed E-state index contributed by atoms with van der Waals surface area (Å²) >= 11 is 6.18. The molecule has 1 N–H and O–H groups in total. The molecule has 0 amide bonds. The van der Waals surface area contributed by atoms with Crippen molar-refractivity contribution in [2.24, 2.45) is 0 Å². The molecule has 0 unspecified atom stereocenters. The van der Waals surface area contributed by atoms with Crippen molar-refractivity contribution >= 4 is 11.6 Å². The molecule has 1 aliphatic rings. The molecule has 1 aliphatic carbocycles. The fraction of sp³-hybridized carbons (Fsp3) is 0.429. The fourth-order valence-corrected chi connectivity index (χ4v) is 2.81. The third-order valence-electron chi connectivity index (χ3n) is 3.40. The van der Waals surface area contributed by atoms with Gasteiger partial charge in [0.25, 0.3) is 0 Å². The van der Waals surface area contributed by atoms with E-state index >= 15 is 0 Å². The van der Waals surface area contributed by atoms with Crippen molar-refractivity contribution < 1.29 is 4.39 Å². The van der Waals surface area contributed by atoms with Crippen LogP contribution in [0, 0.1) is 5.82 Å². The minimum absolute atomic E-state index is 0.000787. The monoisotopic (exact) mass is 253 g/mol. The second kappa shape index (κ2) is 5.19. The van der Waals surface area contributed by atoms with Crippen LogP contribution in [-0.4, -0.2) is 13.1 Å². The number of hydrogen-bond donors (Lipinski definition) is 1. The van der Waals surface area contributed by atoms with E-state index in [1.165, 1.54) is 12.1 Å². The van der Waals surface area contributed by atoms with Crippen LogP contribution in [0.2, 0.25) is 5.02 Å². The first kappa shape index (κ1) is 12.6. The molecule has 92 valence electrons. The van der Waals surface area contributed by atoms with E-state index in [0.717, 1.165) is 31.5 Å². The van der Waals surface area contributed by atoms with Crippen LogP contribution in [0.25, 0.3) is 0 Å². The van der Waals surface area contributed by atoms with Gasteiger partial charge in [0.05, 0.1) is 0 Å². The quantitative estimate of drug-likeness (QED) is 0.808. The Morgan fingerprint density at radius 2 is 2.06 bits per heavy atom. The normalized spacial score (nSPS) is 17.6. The van der Waals surface area contributed by atoms with Crippen LogP contribution in [0.4, 0.5) is 4.39 Å². The lowest BCUT2D eigenvalue weighted by Gasteiger charge is -2.31. The predicted molar refractivity (Wildman–Crippen MR) is 70.0 cm³/mol. The largest absolute Gasteiger partial charge is 0.316 e. The zero-order valence-electron chi connectivity index (χ0n) is 9.97. The van der Waals surface area contributed by atoms with Gasteiger partial charge in [0, 0.05) is 17.0 Å². The molecule has 1 aromatic rings. The van der Waals surface area contributed by atoms with Gasteiger partial charge in [-0.3, -0.25) is 0 Å². The Morgan fingerprint density at radius 1 is 1.35 bits per heavy atom. The Balaban J connectivity index is 2.32. The second-order valence-corrected chi connectivity index (χ2v) is 4.97. The first-order valence-electron chi connectivity index (χ1n) is 5.99. The molecule has 0 fully saturated rings. The van der Waals surface area contributed by atoms with Gasteiger partial charge in [0.2, 0.25) is 0 Å². The molecule has 0 aliphatic heterocycles. The summed E-state index contributed by atoms with van der Waals surface area (Å²) in [7, 11) is 0. The van der Waals surface area contributed by atoms with E-state index in [0.29, 0.717) is 5.02 Å². The lowest BCUT2D eigenvalue weighted by Crippen LogP contribution is -2.36. The van der Waals surface area contributed by atoms with Gasteiger partial charge < -0.3 is 5.32 Å². The summed E-state index contributed by atoms with van der Waals surface area (Å²) in [6.45, 7) is 3.89. The number of halogens is 2. The van der Waals surface area contributed by atoms with Gasteiger partial charge in [-0.05, 0) is 37.1 Å². The van der Waals surface area contributed by atoms with Gasteiger partial charge in [0.1, 0.15) is 5.82 Å². The highest BCUT2D eigenvalue weighted by Crippen LogP contribution is 2.40. The van der Waals surface area contributed by atoms with Crippen LogP contribution in [0.3, 0.4) is 0 Å². The first-order valence-corrected chi connectivity index (χ1v) is 6.37. The first-order chi connectivity index (χ1) is 8.18. The van der Waals surface area contributed by atoms with Crippen molar-refractivity contribution in [3.05, 3.63) is 46.8 Å². The fourth-order valence-electron chi connectivity index (χ4n) is 2.44. The molecule has 0 radical (unpaired) electrons. The summed E-state index contributed by atoms with van der Waals surface area (Å²) < 4.78 is 13.1. The highest BCUT2D eigenvalue weighted by Gasteiger charge is 2.34. The van der Waals surface area contributed by atoms with Crippen LogP contribution in [0.1, 0.15) is 25.3 Å². The number of nitrogens with one attached hydrogen (secondary N) is 1. The molecule has 0 atom stereocenters. The van der Waals surface area contributed by atoms with Crippen molar-refractivity contribution in [3.63, 3.8) is 0 Å². The van der Waals surface area contributed by atoms with E-state index in [1.807, 2.05) is 6.07 Å². The van der Waals surface area contributed by atoms with Crippen molar-refractivity contribution in [1.29, 1.82) is 0 Å². The molecule has 3 heteroatoms. The Kier molecular flexibility index (Phi) is 3.85. The average molecular weight is 254 g/mol. The SMILES string of the molecule is CCNCC1(c2ccc(F)cc2Cl)CC=CC1. The third kappa shape index (κ3) is 2.53. The Bertz CT molecular complexity index is 420. The van der Waals surface area contributed by atoms with Crippen LogP contribution in [-0.2, 0) is 5.41 Å². The maximum Gasteiger partial charge on any atom is 0.124 e. The zero-order valence-corrected chi connectivity index (χ0v) is 10.7. The molecule has 0 aromatic heterocycles. The van der Waals surface area contributed by atoms with Crippen LogP contribution in [0.15, 0.2) is 30.4 Å². The van der Waals surface area contributed by atoms with Gasteiger partial charge in [-0.15, -0.1) is 0 Å². The lowest BCUT2D eigenvalue weighted by molar-refractivity contribution is 0.424. The Morgan fingerprint density at radius 3 is 2.65 bits per heavy atom. The Labute approximate surface area is 107 Å². The zero-order chi connectivity index (χ0) is 12.3. The molecule has 17 heavy (non-hydrogen) atoms. The molecular formula is C14H17ClFN. The molecule has 0 saturated carbocycles. The number of rotatable bonds is 4. The van der Waals surface area contributed by atoms with E-state index in [-0.39, 0.29) is 11.2 Å². The van der Waals surface area contributed by atoms with Crippen LogP contribution < -0.4 is 5.32 Å². The standard InChI is InChI=1S/C14H17ClFN/c1-2-17-10-14(7-3-4-8-14)12-6-5-11(16)9-13(12)15/h3-6,9,17H,2,7-8,10H2,1H3. The molecule has 0 spiro atoms. The number of hydrogen-bond acceptors (Lipinski definition) is 1. The summed E-state index contributed by atoms with van der Waals surface area (Å²) in [5.41, 5.74) is 1.05. The van der Waals surface area contributed by atoms with E-state index < -0.39 is 0 Å². The van der Waals surface area contributed by atoms with Gasteiger partial charge in [-0.25, -0.2) is 4.39 Å². The maximum absolute atomic E-state index is 13.1. The summed E-state index contributed by atoms with van der Waals surface area (Å²) in [6, 6.07) is 4.72. The predicted octanol–water partition coefficient (Wildman–Crippen LogP) is 3.68. The molecule has 0 bridgehead atoms. The molecule has 1 aromatic carbocycles. The summed E-state index contributed by atoms with van der Waals surface area (Å²) in [6.07, 6.45) is 6.28. The summed E-state index contributed by atoms with van der Waals surface area (Å²) in [5, 5.41) is 3.91. The topological polar surface area (TPSA) is 12.0 Å². The van der Waals surface area contributed by atoms with Crippen LogP contribution >= 0.6 is 11.6 Å². The number of allylic oxidation sites excluding steroid dienone is 2. The van der Waals surface area contributed by atoms with E-state index in [2.05, 4.69) is 24.4 Å². The smallest absolute Gasteiger partial charge is 0.124 e. The Hall–Kier alpha value is -0.860. The van der Waals surface area contributed by atoms with Gasteiger partial charge >= 0.3 is 0 Å². The van der Waals surface area contributed by atoms with Gasteiger partial charge in [0.15, 0.2) is 0 Å². The molecule has 1 nitrogen and oxygen atoms in total. The minimum Gasteiger partial charge on any atom is -0.316 e.